The summed E-state index contributed by atoms with van der Waals surface area (Å²) in [5.41, 5.74) is -0.693. The Morgan fingerprint density at radius 3 is 2.50 bits per heavy atom. The molecule has 0 radical (unpaired) electrons. The lowest BCUT2D eigenvalue weighted by Crippen LogP contribution is -2.63. The molecule has 0 aromatic heterocycles. The Labute approximate surface area is 96.8 Å². The lowest BCUT2D eigenvalue weighted by atomic mass is 9.76. The van der Waals surface area contributed by atoms with Gasteiger partial charge in [-0.1, -0.05) is 6.92 Å². The first-order valence-corrected chi connectivity index (χ1v) is 6.35. The van der Waals surface area contributed by atoms with Crippen LogP contribution in [0.15, 0.2) is 0 Å². The summed E-state index contributed by atoms with van der Waals surface area (Å²) in [4.78, 5) is 12.3. The van der Waals surface area contributed by atoms with E-state index in [0.717, 1.165) is 45.1 Å². The molecule has 1 aliphatic carbocycles. The van der Waals surface area contributed by atoms with Crippen molar-refractivity contribution in [3.63, 3.8) is 0 Å². The van der Waals surface area contributed by atoms with Gasteiger partial charge in [-0.3, -0.25) is 4.79 Å². The molecule has 16 heavy (non-hydrogen) atoms. The molecule has 1 aliphatic heterocycles. The summed E-state index contributed by atoms with van der Waals surface area (Å²) >= 11 is 0. The minimum Gasteiger partial charge on any atom is -0.394 e. The van der Waals surface area contributed by atoms with Crippen molar-refractivity contribution in [3.05, 3.63) is 0 Å². The molecule has 0 aromatic carbocycles. The largest absolute Gasteiger partial charge is 0.394 e. The summed E-state index contributed by atoms with van der Waals surface area (Å²) < 4.78 is 0. The Morgan fingerprint density at radius 2 is 2.12 bits per heavy atom. The fourth-order valence-corrected chi connectivity index (χ4v) is 2.75. The zero-order valence-electron chi connectivity index (χ0n) is 10.0. The van der Waals surface area contributed by atoms with Crippen LogP contribution in [0.25, 0.3) is 0 Å². The van der Waals surface area contributed by atoms with Crippen molar-refractivity contribution in [2.75, 3.05) is 13.2 Å². The van der Waals surface area contributed by atoms with E-state index in [-0.39, 0.29) is 23.6 Å². The average Bonchev–Trinajstić information content (AvgIpc) is 2.73. The highest BCUT2D eigenvalue weighted by Crippen LogP contribution is 2.33. The third-order valence-corrected chi connectivity index (χ3v) is 4.27. The number of hydrogen-bond acceptors (Lipinski definition) is 3. The van der Waals surface area contributed by atoms with Crippen LogP contribution in [0.3, 0.4) is 0 Å². The molecular formula is C12H22N2O2. The van der Waals surface area contributed by atoms with E-state index in [4.69, 9.17) is 0 Å². The zero-order chi connectivity index (χ0) is 11.6. The summed E-state index contributed by atoms with van der Waals surface area (Å²) in [7, 11) is 0. The molecule has 2 rings (SSSR count). The maximum absolute atomic E-state index is 12.3. The molecule has 0 spiro atoms. The van der Waals surface area contributed by atoms with Crippen molar-refractivity contribution in [2.24, 2.45) is 0 Å². The van der Waals surface area contributed by atoms with E-state index in [9.17, 15) is 9.90 Å². The van der Waals surface area contributed by atoms with Crippen LogP contribution in [0, 0.1) is 0 Å². The van der Waals surface area contributed by atoms with E-state index in [0.29, 0.717) is 0 Å². The Balaban J connectivity index is 2.01. The molecule has 1 unspecified atom stereocenters. The maximum atomic E-state index is 12.3. The normalized spacial score (nSPS) is 32.1. The van der Waals surface area contributed by atoms with E-state index in [1.165, 1.54) is 0 Å². The van der Waals surface area contributed by atoms with Crippen LogP contribution in [0.2, 0.25) is 0 Å². The highest BCUT2D eigenvalue weighted by molar-refractivity contribution is 5.87. The lowest BCUT2D eigenvalue weighted by Gasteiger charge is -2.43. The molecule has 0 aromatic rings. The third-order valence-electron chi connectivity index (χ3n) is 4.27. The number of aliphatic hydroxyl groups is 1. The molecule has 1 saturated heterocycles. The van der Waals surface area contributed by atoms with Crippen molar-refractivity contribution in [3.8, 4) is 0 Å². The quantitative estimate of drug-likeness (QED) is 0.656. The van der Waals surface area contributed by atoms with E-state index in [1.54, 1.807) is 0 Å². The third kappa shape index (κ3) is 1.84. The van der Waals surface area contributed by atoms with Gasteiger partial charge in [-0.05, 0) is 45.1 Å². The molecule has 3 N–H and O–H groups in total. The Kier molecular flexibility index (Phi) is 3.22. The van der Waals surface area contributed by atoms with Crippen LogP contribution in [0.4, 0.5) is 0 Å². The molecule has 1 amide bonds. The van der Waals surface area contributed by atoms with Crippen molar-refractivity contribution in [1.82, 2.24) is 10.6 Å². The fourth-order valence-electron chi connectivity index (χ4n) is 2.75. The van der Waals surface area contributed by atoms with Gasteiger partial charge in [0.25, 0.3) is 0 Å². The predicted molar refractivity (Wildman–Crippen MR) is 62.1 cm³/mol. The van der Waals surface area contributed by atoms with E-state index < -0.39 is 0 Å². The Bertz CT molecular complexity index is 263. The highest BCUT2D eigenvalue weighted by Gasteiger charge is 2.45. The van der Waals surface area contributed by atoms with Gasteiger partial charge >= 0.3 is 0 Å². The van der Waals surface area contributed by atoms with Gasteiger partial charge in [0.05, 0.1) is 17.7 Å². The van der Waals surface area contributed by atoms with E-state index in [2.05, 4.69) is 10.6 Å². The van der Waals surface area contributed by atoms with Crippen molar-refractivity contribution >= 4 is 5.91 Å². The first-order chi connectivity index (χ1) is 7.66. The summed E-state index contributed by atoms with van der Waals surface area (Å²) in [6, 6.07) is 0. The van der Waals surface area contributed by atoms with Crippen LogP contribution in [0.1, 0.15) is 45.4 Å². The van der Waals surface area contributed by atoms with Crippen molar-refractivity contribution in [2.45, 2.75) is 56.5 Å². The van der Waals surface area contributed by atoms with Gasteiger partial charge in [0.1, 0.15) is 0 Å². The maximum Gasteiger partial charge on any atom is 0.240 e. The second-order valence-corrected chi connectivity index (χ2v) is 5.21. The standard InChI is InChI=1S/C12H22N2O2/c1-2-12(7-4-8-13-12)10(16)14-11(9-15)5-3-6-11/h13,15H,2-9H2,1H3,(H,14,16). The van der Waals surface area contributed by atoms with Gasteiger partial charge in [0.2, 0.25) is 5.91 Å². The van der Waals surface area contributed by atoms with Crippen LogP contribution >= 0.6 is 0 Å². The number of carbonyl (C=O) groups is 1. The van der Waals surface area contributed by atoms with Crippen LogP contribution < -0.4 is 10.6 Å². The molecule has 4 nitrogen and oxygen atoms in total. The molecule has 4 heteroatoms. The van der Waals surface area contributed by atoms with Crippen LogP contribution in [0.5, 0.6) is 0 Å². The molecule has 1 saturated carbocycles. The van der Waals surface area contributed by atoms with Crippen molar-refractivity contribution in [1.29, 1.82) is 0 Å². The molecule has 2 fully saturated rings. The van der Waals surface area contributed by atoms with Gasteiger partial charge in [-0.2, -0.15) is 0 Å². The predicted octanol–water partition coefficient (Wildman–Crippen LogP) is 0.550. The number of hydrogen-bond donors (Lipinski definition) is 3. The number of aliphatic hydroxyl groups excluding tert-OH is 1. The van der Waals surface area contributed by atoms with Crippen LogP contribution in [-0.2, 0) is 4.79 Å². The zero-order valence-corrected chi connectivity index (χ0v) is 10.0. The van der Waals surface area contributed by atoms with Gasteiger partial charge in [-0.25, -0.2) is 0 Å². The van der Waals surface area contributed by atoms with Crippen molar-refractivity contribution < 1.29 is 9.90 Å². The summed E-state index contributed by atoms with van der Waals surface area (Å²) in [5.74, 6) is 0.0845. The van der Waals surface area contributed by atoms with Gasteiger partial charge in [0.15, 0.2) is 0 Å². The molecule has 1 heterocycles. The van der Waals surface area contributed by atoms with Gasteiger partial charge in [0, 0.05) is 0 Å². The monoisotopic (exact) mass is 226 g/mol. The number of nitrogens with one attached hydrogen (secondary N) is 2. The fraction of sp³-hybridized carbons (Fsp3) is 0.917. The molecule has 0 bridgehead atoms. The Hall–Kier alpha value is -0.610. The molecular weight excluding hydrogens is 204 g/mol. The smallest absolute Gasteiger partial charge is 0.240 e. The SMILES string of the molecule is CCC1(C(=O)NC2(CO)CCC2)CCCN1. The number of carbonyl (C=O) groups excluding carboxylic acids is 1. The van der Waals surface area contributed by atoms with E-state index in [1.807, 2.05) is 6.92 Å². The van der Waals surface area contributed by atoms with Gasteiger partial charge < -0.3 is 15.7 Å². The topological polar surface area (TPSA) is 61.4 Å². The van der Waals surface area contributed by atoms with Crippen LogP contribution in [-0.4, -0.2) is 35.2 Å². The molecule has 2 aliphatic rings. The highest BCUT2D eigenvalue weighted by atomic mass is 16.3. The minimum atomic E-state index is -0.377. The van der Waals surface area contributed by atoms with Gasteiger partial charge in [-0.15, -0.1) is 0 Å². The lowest BCUT2D eigenvalue weighted by molar-refractivity contribution is -0.131. The molecule has 92 valence electrons. The van der Waals surface area contributed by atoms with E-state index >= 15 is 0 Å². The second kappa shape index (κ2) is 4.34. The molecule has 1 atom stereocenters. The first-order valence-electron chi connectivity index (χ1n) is 6.35. The summed E-state index contributed by atoms with van der Waals surface area (Å²) in [5, 5.41) is 15.7. The average molecular weight is 226 g/mol. The first kappa shape index (κ1) is 11.9. The number of rotatable bonds is 4. The summed E-state index contributed by atoms with van der Waals surface area (Å²) in [6.45, 7) is 3.04. The Morgan fingerprint density at radius 1 is 1.38 bits per heavy atom. The summed E-state index contributed by atoms with van der Waals surface area (Å²) in [6.07, 6.45) is 5.72. The number of amides is 1. The minimum absolute atomic E-state index is 0.0680. The second-order valence-electron chi connectivity index (χ2n) is 5.21.